The van der Waals surface area contributed by atoms with E-state index in [1.165, 1.54) is 4.90 Å². The van der Waals surface area contributed by atoms with Crippen LogP contribution in [0.4, 0.5) is 0 Å². The van der Waals surface area contributed by atoms with E-state index in [1.807, 2.05) is 28.8 Å². The summed E-state index contributed by atoms with van der Waals surface area (Å²) in [6, 6.07) is 11.0. The second-order valence-electron chi connectivity index (χ2n) is 7.36. The van der Waals surface area contributed by atoms with Crippen LogP contribution >= 0.6 is 0 Å². The van der Waals surface area contributed by atoms with Gasteiger partial charge < -0.3 is 23.9 Å². The Labute approximate surface area is 169 Å². The lowest BCUT2D eigenvalue weighted by Crippen LogP contribution is -2.31. The summed E-state index contributed by atoms with van der Waals surface area (Å²) in [5.41, 5.74) is 1.87. The van der Waals surface area contributed by atoms with Gasteiger partial charge in [-0.15, -0.1) is 0 Å². The third-order valence-electron chi connectivity index (χ3n) is 5.31. The van der Waals surface area contributed by atoms with Crippen molar-refractivity contribution in [3.05, 3.63) is 59.7 Å². The van der Waals surface area contributed by atoms with Gasteiger partial charge in [-0.25, -0.2) is 4.98 Å². The second kappa shape index (κ2) is 7.75. The molecule has 29 heavy (non-hydrogen) atoms. The van der Waals surface area contributed by atoms with E-state index in [1.54, 1.807) is 39.5 Å². The zero-order chi connectivity index (χ0) is 20.5. The molecule has 0 saturated heterocycles. The molecule has 7 nitrogen and oxygen atoms in total. The van der Waals surface area contributed by atoms with Gasteiger partial charge >= 0.3 is 0 Å². The van der Waals surface area contributed by atoms with Gasteiger partial charge in [0.25, 0.3) is 5.91 Å². The predicted molar refractivity (Wildman–Crippen MR) is 109 cm³/mol. The van der Waals surface area contributed by atoms with Crippen LogP contribution < -0.4 is 9.47 Å². The fourth-order valence-corrected chi connectivity index (χ4v) is 3.54. The van der Waals surface area contributed by atoms with Crippen LogP contribution in [-0.2, 0) is 0 Å². The molecule has 0 bridgehead atoms. The number of carbonyl (C=O) groups excluding carboxylic acids is 1. The van der Waals surface area contributed by atoms with Crippen LogP contribution in [0.1, 0.15) is 46.7 Å². The highest BCUT2D eigenvalue weighted by atomic mass is 16.5. The number of benzene rings is 1. The van der Waals surface area contributed by atoms with Gasteiger partial charge in [0.1, 0.15) is 5.82 Å². The van der Waals surface area contributed by atoms with Crippen LogP contribution in [0.5, 0.6) is 11.5 Å². The number of nitrogens with zero attached hydrogens (tertiary/aromatic N) is 3. The maximum atomic E-state index is 13.1. The molecule has 0 spiro atoms. The zero-order valence-corrected chi connectivity index (χ0v) is 16.8. The van der Waals surface area contributed by atoms with Gasteiger partial charge in [-0.05, 0) is 42.7 Å². The van der Waals surface area contributed by atoms with E-state index in [4.69, 9.17) is 9.47 Å². The average molecular weight is 395 g/mol. The molecule has 0 aliphatic heterocycles. The van der Waals surface area contributed by atoms with Crippen molar-refractivity contribution in [1.29, 1.82) is 0 Å². The lowest BCUT2D eigenvalue weighted by atomic mass is 10.1. The Kier molecular flexibility index (Phi) is 5.15. The third kappa shape index (κ3) is 3.65. The first kappa shape index (κ1) is 19.3. The molecular weight excluding hydrogens is 370 g/mol. The normalized spacial score (nSPS) is 14.6. The van der Waals surface area contributed by atoms with Crippen LogP contribution in [0.2, 0.25) is 0 Å². The predicted octanol–water partition coefficient (Wildman–Crippen LogP) is 3.03. The summed E-state index contributed by atoms with van der Waals surface area (Å²) in [5, 5.41) is 10.7. The van der Waals surface area contributed by atoms with Crippen LogP contribution in [0.15, 0.2) is 42.6 Å². The highest BCUT2D eigenvalue weighted by Gasteiger charge is 2.31. The van der Waals surface area contributed by atoms with Crippen LogP contribution in [0, 0.1) is 0 Å². The Morgan fingerprint density at radius 3 is 2.69 bits per heavy atom. The molecule has 2 aromatic heterocycles. The molecule has 1 N–H and O–H groups in total. The number of ether oxygens (including phenoxy) is 2. The number of hydrogen-bond acceptors (Lipinski definition) is 5. The van der Waals surface area contributed by atoms with Crippen molar-refractivity contribution in [3.63, 3.8) is 0 Å². The summed E-state index contributed by atoms with van der Waals surface area (Å²) < 4.78 is 12.5. The van der Waals surface area contributed by atoms with Crippen LogP contribution in [0.25, 0.3) is 5.52 Å². The summed E-state index contributed by atoms with van der Waals surface area (Å²) >= 11 is 0. The molecule has 1 saturated carbocycles. The maximum Gasteiger partial charge on any atom is 0.274 e. The Morgan fingerprint density at radius 2 is 2.00 bits per heavy atom. The van der Waals surface area contributed by atoms with Crippen molar-refractivity contribution in [2.24, 2.45) is 0 Å². The molecule has 1 unspecified atom stereocenters. The lowest BCUT2D eigenvalue weighted by molar-refractivity contribution is 0.0677. The molecule has 1 aliphatic carbocycles. The van der Waals surface area contributed by atoms with Crippen molar-refractivity contribution < 1.29 is 19.4 Å². The molecule has 2 heterocycles. The van der Waals surface area contributed by atoms with Crippen molar-refractivity contribution in [2.75, 3.05) is 27.8 Å². The number of carbonyl (C=O) groups is 1. The zero-order valence-electron chi connectivity index (χ0n) is 16.8. The Bertz CT molecular complexity index is 1040. The van der Waals surface area contributed by atoms with Crippen LogP contribution in [-0.4, -0.2) is 53.1 Å². The molecule has 0 radical (unpaired) electrons. The Morgan fingerprint density at radius 1 is 1.24 bits per heavy atom. The number of rotatable bonds is 7. The number of imidazole rings is 1. The molecule has 7 heteroatoms. The quantitative estimate of drug-likeness (QED) is 0.665. The SMILES string of the molecule is COc1ccc(C(O)CN(C)C(=O)c2nc(C3CC3)n3ccccc23)cc1OC. The first-order chi connectivity index (χ1) is 14.0. The van der Waals surface area contributed by atoms with Gasteiger partial charge in [-0.3, -0.25) is 4.79 Å². The number of aromatic nitrogens is 2. The minimum atomic E-state index is -0.861. The second-order valence-corrected chi connectivity index (χ2v) is 7.36. The van der Waals surface area contributed by atoms with E-state index in [0.29, 0.717) is 28.7 Å². The minimum Gasteiger partial charge on any atom is -0.493 e. The molecule has 1 aromatic carbocycles. The summed E-state index contributed by atoms with van der Waals surface area (Å²) in [7, 11) is 4.79. The van der Waals surface area contributed by atoms with Gasteiger partial charge in [-0.2, -0.15) is 0 Å². The Balaban J connectivity index is 1.55. The van der Waals surface area contributed by atoms with Crippen molar-refractivity contribution in [3.8, 4) is 11.5 Å². The van der Waals surface area contributed by atoms with Gasteiger partial charge in [-0.1, -0.05) is 12.1 Å². The molecule has 4 rings (SSSR count). The summed E-state index contributed by atoms with van der Waals surface area (Å²) in [4.78, 5) is 19.3. The van der Waals surface area contributed by atoms with Gasteiger partial charge in [0.2, 0.25) is 0 Å². The summed E-state index contributed by atoms with van der Waals surface area (Å²) in [6.45, 7) is 0.138. The number of amides is 1. The standard InChI is InChI=1S/C22H25N3O4/c1-24(13-17(26)15-9-10-18(28-2)19(12-15)29-3)22(27)20-16-6-4-5-11-25(16)21(23-20)14-7-8-14/h4-6,9-12,14,17,26H,7-8,13H2,1-3H3. The number of pyridine rings is 1. The van der Waals surface area contributed by atoms with E-state index in [9.17, 15) is 9.90 Å². The van der Waals surface area contributed by atoms with Crippen molar-refractivity contribution in [1.82, 2.24) is 14.3 Å². The monoisotopic (exact) mass is 395 g/mol. The fourth-order valence-electron chi connectivity index (χ4n) is 3.54. The number of methoxy groups -OCH3 is 2. The van der Waals surface area contributed by atoms with E-state index >= 15 is 0 Å². The number of aliphatic hydroxyl groups excluding tert-OH is 1. The highest BCUT2D eigenvalue weighted by Crippen LogP contribution is 2.40. The molecule has 1 amide bonds. The molecular formula is C22H25N3O4. The van der Waals surface area contributed by atoms with Gasteiger partial charge in [0.15, 0.2) is 17.2 Å². The lowest BCUT2D eigenvalue weighted by Gasteiger charge is -2.21. The molecule has 1 fully saturated rings. The maximum absolute atomic E-state index is 13.1. The average Bonchev–Trinajstić information content (AvgIpc) is 3.52. The minimum absolute atomic E-state index is 0.138. The topological polar surface area (TPSA) is 76.3 Å². The van der Waals surface area contributed by atoms with Crippen LogP contribution in [0.3, 0.4) is 0 Å². The fraction of sp³-hybridized carbons (Fsp3) is 0.364. The number of hydrogen-bond donors (Lipinski definition) is 1. The third-order valence-corrected chi connectivity index (χ3v) is 5.31. The largest absolute Gasteiger partial charge is 0.493 e. The van der Waals surface area contributed by atoms with Gasteiger partial charge in [0.05, 0.1) is 32.4 Å². The number of aliphatic hydroxyl groups is 1. The molecule has 1 atom stereocenters. The number of fused-ring (bicyclic) bond motifs is 1. The summed E-state index contributed by atoms with van der Waals surface area (Å²) in [6.07, 6.45) is 3.30. The molecule has 3 aromatic rings. The highest BCUT2D eigenvalue weighted by molar-refractivity contribution is 5.99. The summed E-state index contributed by atoms with van der Waals surface area (Å²) in [5.74, 6) is 2.28. The van der Waals surface area contributed by atoms with E-state index < -0.39 is 6.10 Å². The van der Waals surface area contributed by atoms with Gasteiger partial charge in [0, 0.05) is 19.2 Å². The van der Waals surface area contributed by atoms with Crippen molar-refractivity contribution >= 4 is 11.4 Å². The first-order valence-electron chi connectivity index (χ1n) is 9.66. The molecule has 152 valence electrons. The van der Waals surface area contributed by atoms with Crippen molar-refractivity contribution in [2.45, 2.75) is 24.9 Å². The first-order valence-corrected chi connectivity index (χ1v) is 9.66. The van der Waals surface area contributed by atoms with E-state index in [2.05, 4.69) is 4.98 Å². The molecule has 1 aliphatic rings. The Hall–Kier alpha value is -3.06. The van der Waals surface area contributed by atoms with E-state index in [-0.39, 0.29) is 12.5 Å². The van der Waals surface area contributed by atoms with E-state index in [0.717, 1.165) is 24.2 Å². The smallest absolute Gasteiger partial charge is 0.274 e. The number of likely N-dealkylation sites (N-methyl/N-ethyl adjacent to an activating group) is 1.